The molecular weight excluding hydrogens is 305 g/mol. The van der Waals surface area contributed by atoms with E-state index in [1.165, 1.54) is 18.2 Å². The number of halogens is 4. The zero-order chi connectivity index (χ0) is 15.6. The van der Waals surface area contributed by atoms with E-state index in [4.69, 9.17) is 17.3 Å². The number of carbonyl (C=O) groups is 1. The third kappa shape index (κ3) is 3.81. The van der Waals surface area contributed by atoms with Crippen molar-refractivity contribution in [3.8, 4) is 0 Å². The van der Waals surface area contributed by atoms with Gasteiger partial charge in [-0.3, -0.25) is 4.79 Å². The van der Waals surface area contributed by atoms with Crippen molar-refractivity contribution in [3.63, 3.8) is 0 Å². The first-order chi connectivity index (χ1) is 9.79. The van der Waals surface area contributed by atoms with Crippen LogP contribution in [0.3, 0.4) is 0 Å². The molecule has 0 radical (unpaired) electrons. The summed E-state index contributed by atoms with van der Waals surface area (Å²) in [5.74, 6) is -3.23. The summed E-state index contributed by atoms with van der Waals surface area (Å²) in [5, 5.41) is 2.76. The van der Waals surface area contributed by atoms with E-state index >= 15 is 0 Å². The van der Waals surface area contributed by atoms with Crippen molar-refractivity contribution >= 4 is 28.9 Å². The highest BCUT2D eigenvalue weighted by molar-refractivity contribution is 6.33. The van der Waals surface area contributed by atoms with E-state index in [0.29, 0.717) is 24.2 Å². The Morgan fingerprint density at radius 3 is 2.57 bits per heavy atom. The molecule has 0 saturated heterocycles. The molecule has 3 N–H and O–H groups in total. The van der Waals surface area contributed by atoms with Crippen LogP contribution < -0.4 is 11.1 Å². The van der Waals surface area contributed by atoms with Crippen LogP contribution >= 0.6 is 11.6 Å². The van der Waals surface area contributed by atoms with Crippen molar-refractivity contribution in [3.05, 3.63) is 23.2 Å². The van der Waals surface area contributed by atoms with Crippen molar-refractivity contribution in [1.29, 1.82) is 0 Å². The van der Waals surface area contributed by atoms with Crippen molar-refractivity contribution < 1.29 is 18.0 Å². The summed E-state index contributed by atoms with van der Waals surface area (Å²) in [5.41, 5.74) is 6.25. The number of amides is 1. The molecule has 0 aliphatic heterocycles. The fraction of sp³-hybridized carbons (Fsp3) is 0.500. The second-order valence-corrected chi connectivity index (χ2v) is 5.67. The van der Waals surface area contributed by atoms with Gasteiger partial charge in [-0.15, -0.1) is 0 Å². The van der Waals surface area contributed by atoms with E-state index in [9.17, 15) is 18.0 Å². The van der Waals surface area contributed by atoms with E-state index in [1.54, 1.807) is 0 Å². The molecule has 0 spiro atoms. The van der Waals surface area contributed by atoms with Crippen molar-refractivity contribution in [2.75, 3.05) is 11.1 Å². The Morgan fingerprint density at radius 1 is 1.29 bits per heavy atom. The summed E-state index contributed by atoms with van der Waals surface area (Å²) in [4.78, 5) is 12.1. The molecule has 2 rings (SSSR count). The highest BCUT2D eigenvalue weighted by Gasteiger charge is 2.48. The number of rotatable bonds is 2. The number of nitrogen functional groups attached to an aromatic ring is 1. The van der Waals surface area contributed by atoms with Gasteiger partial charge in [-0.05, 0) is 31.0 Å². The topological polar surface area (TPSA) is 55.1 Å². The number of anilines is 2. The number of benzene rings is 1. The molecule has 1 aliphatic rings. The lowest BCUT2D eigenvalue weighted by molar-refractivity contribution is -0.197. The number of alkyl halides is 3. The molecule has 2 unspecified atom stereocenters. The van der Waals surface area contributed by atoms with Gasteiger partial charge in [-0.25, -0.2) is 0 Å². The van der Waals surface area contributed by atoms with Gasteiger partial charge in [-0.1, -0.05) is 24.4 Å². The molecule has 1 aromatic rings. The number of nitrogens with two attached hydrogens (primary N) is 1. The maximum atomic E-state index is 13.0. The molecule has 3 nitrogen and oxygen atoms in total. The number of hydrogen-bond acceptors (Lipinski definition) is 2. The van der Waals surface area contributed by atoms with E-state index in [-0.39, 0.29) is 17.9 Å². The first-order valence-electron chi connectivity index (χ1n) is 6.71. The van der Waals surface area contributed by atoms with Crippen molar-refractivity contribution in [1.82, 2.24) is 0 Å². The smallest absolute Gasteiger partial charge is 0.392 e. The second kappa shape index (κ2) is 6.13. The van der Waals surface area contributed by atoms with Crippen LogP contribution in [0, 0.1) is 11.8 Å². The van der Waals surface area contributed by atoms with Crippen LogP contribution in [-0.2, 0) is 4.79 Å². The second-order valence-electron chi connectivity index (χ2n) is 5.26. The van der Waals surface area contributed by atoms with E-state index in [2.05, 4.69) is 5.32 Å². The van der Waals surface area contributed by atoms with Crippen LogP contribution in [-0.4, -0.2) is 12.1 Å². The van der Waals surface area contributed by atoms with Crippen LogP contribution in [0.25, 0.3) is 0 Å². The largest absolute Gasteiger partial charge is 0.398 e. The molecule has 116 valence electrons. The minimum atomic E-state index is -4.35. The molecule has 0 aromatic heterocycles. The maximum Gasteiger partial charge on any atom is 0.392 e. The quantitative estimate of drug-likeness (QED) is 0.801. The zero-order valence-corrected chi connectivity index (χ0v) is 12.0. The lowest BCUT2D eigenvalue weighted by Crippen LogP contribution is -2.39. The van der Waals surface area contributed by atoms with Crippen LogP contribution in [0.1, 0.15) is 25.7 Å². The van der Waals surface area contributed by atoms with Crippen molar-refractivity contribution in [2.45, 2.75) is 31.9 Å². The van der Waals surface area contributed by atoms with Gasteiger partial charge >= 0.3 is 6.18 Å². The highest BCUT2D eigenvalue weighted by Crippen LogP contribution is 2.42. The minimum absolute atomic E-state index is 0.00405. The summed E-state index contributed by atoms with van der Waals surface area (Å²) >= 11 is 5.83. The van der Waals surface area contributed by atoms with Gasteiger partial charge in [0.2, 0.25) is 5.91 Å². The average Bonchev–Trinajstić information content (AvgIpc) is 2.42. The van der Waals surface area contributed by atoms with Crippen LogP contribution in [0.5, 0.6) is 0 Å². The minimum Gasteiger partial charge on any atom is -0.398 e. The Hall–Kier alpha value is -1.43. The van der Waals surface area contributed by atoms with Gasteiger partial charge in [-0.2, -0.15) is 13.2 Å². The number of hydrogen-bond donors (Lipinski definition) is 2. The Labute approximate surface area is 125 Å². The summed E-state index contributed by atoms with van der Waals surface area (Å²) in [7, 11) is 0. The highest BCUT2D eigenvalue weighted by atomic mass is 35.5. The molecule has 2 atom stereocenters. The lowest BCUT2D eigenvalue weighted by atomic mass is 9.78. The molecule has 21 heavy (non-hydrogen) atoms. The Morgan fingerprint density at radius 2 is 1.95 bits per heavy atom. The predicted molar refractivity (Wildman–Crippen MR) is 76.0 cm³/mol. The first kappa shape index (κ1) is 15.9. The fourth-order valence-corrected chi connectivity index (χ4v) is 2.86. The molecule has 0 heterocycles. The molecule has 1 amide bonds. The molecule has 1 aromatic carbocycles. The van der Waals surface area contributed by atoms with Crippen molar-refractivity contribution in [2.24, 2.45) is 11.8 Å². The molecule has 1 aliphatic carbocycles. The molecule has 7 heteroatoms. The molecule has 1 saturated carbocycles. The summed E-state index contributed by atoms with van der Waals surface area (Å²) in [6, 6.07) is 4.45. The van der Waals surface area contributed by atoms with Crippen LogP contribution in [0.2, 0.25) is 5.02 Å². The first-order valence-corrected chi connectivity index (χ1v) is 7.09. The third-order valence-electron chi connectivity index (χ3n) is 3.79. The predicted octanol–water partition coefficient (Wildman–Crippen LogP) is 4.23. The summed E-state index contributed by atoms with van der Waals surface area (Å²) < 4.78 is 39.0. The number of carbonyl (C=O) groups excluding carboxylic acids is 1. The molecule has 1 fully saturated rings. The molecule has 0 bridgehead atoms. The lowest BCUT2D eigenvalue weighted by Gasteiger charge is -2.32. The zero-order valence-electron chi connectivity index (χ0n) is 11.2. The van der Waals surface area contributed by atoms with Gasteiger partial charge in [0.05, 0.1) is 16.6 Å². The van der Waals surface area contributed by atoms with E-state index in [0.717, 1.165) is 0 Å². The van der Waals surface area contributed by atoms with Gasteiger partial charge in [0.15, 0.2) is 0 Å². The SMILES string of the molecule is Nc1ccc(NC(=O)C2CCCCC2C(F)(F)F)cc1Cl. The van der Waals surface area contributed by atoms with Crippen LogP contribution in [0.15, 0.2) is 18.2 Å². The van der Waals surface area contributed by atoms with Gasteiger partial charge in [0, 0.05) is 11.6 Å². The Kier molecular flexibility index (Phi) is 4.66. The van der Waals surface area contributed by atoms with E-state index in [1.807, 2.05) is 0 Å². The fourth-order valence-electron chi connectivity index (χ4n) is 2.68. The standard InChI is InChI=1S/C14H16ClF3N2O/c15-11-7-8(5-6-12(11)19)20-13(21)9-3-1-2-4-10(9)14(16,17)18/h5-7,9-10H,1-4,19H2,(H,20,21). The normalized spacial score (nSPS) is 22.9. The summed E-state index contributed by atoms with van der Waals surface area (Å²) in [6.07, 6.45) is -2.96. The van der Waals surface area contributed by atoms with E-state index < -0.39 is 23.9 Å². The third-order valence-corrected chi connectivity index (χ3v) is 4.12. The number of nitrogens with one attached hydrogen (secondary N) is 1. The van der Waals surface area contributed by atoms with Crippen LogP contribution in [0.4, 0.5) is 24.5 Å². The average molecular weight is 321 g/mol. The van der Waals surface area contributed by atoms with Gasteiger partial charge in [0.25, 0.3) is 0 Å². The molecular formula is C14H16ClF3N2O. The summed E-state index contributed by atoms with van der Waals surface area (Å²) in [6.45, 7) is 0. The van der Waals surface area contributed by atoms with Gasteiger partial charge in [0.1, 0.15) is 0 Å². The Bertz CT molecular complexity index is 533. The Balaban J connectivity index is 2.12. The van der Waals surface area contributed by atoms with Gasteiger partial charge < -0.3 is 11.1 Å². The maximum absolute atomic E-state index is 13.0. The monoisotopic (exact) mass is 320 g/mol.